The fraction of sp³-hybridized carbons (Fsp3) is 0.701. The number of esters is 1. The molecule has 22 nitrogen and oxygen atoms in total. The van der Waals surface area contributed by atoms with Gasteiger partial charge in [0, 0.05) is 114 Å². The Hall–Kier alpha value is -5.95. The van der Waals surface area contributed by atoms with Gasteiger partial charge in [-0.15, -0.1) is 11.3 Å². The molecular formula is C67H105N7O15S2. The van der Waals surface area contributed by atoms with Crippen molar-refractivity contribution >= 4 is 88.3 Å². The zero-order valence-corrected chi connectivity index (χ0v) is 58.2. The quantitative estimate of drug-likeness (QED) is 0.0245. The highest BCUT2D eigenvalue weighted by molar-refractivity contribution is 8.00. The van der Waals surface area contributed by atoms with Gasteiger partial charge in [-0.2, -0.15) is 11.8 Å². The predicted molar refractivity (Wildman–Crippen MR) is 351 cm³/mol. The van der Waals surface area contributed by atoms with Crippen LogP contribution in [0.1, 0.15) is 192 Å². The summed E-state index contributed by atoms with van der Waals surface area (Å²) in [6, 6.07) is 6.17. The summed E-state index contributed by atoms with van der Waals surface area (Å²) in [6.07, 6.45) is 4.25. The number of ketones is 3. The van der Waals surface area contributed by atoms with E-state index in [4.69, 9.17) is 18.9 Å². The van der Waals surface area contributed by atoms with Crippen LogP contribution in [0.25, 0.3) is 0 Å². The molecule has 510 valence electrons. The molecule has 1 aromatic carbocycles. The number of aromatic nitrogens is 1. The van der Waals surface area contributed by atoms with Gasteiger partial charge in [0.05, 0.1) is 36.7 Å². The monoisotopic (exact) mass is 1310 g/mol. The van der Waals surface area contributed by atoms with E-state index in [0.29, 0.717) is 89.3 Å². The van der Waals surface area contributed by atoms with Crippen molar-refractivity contribution in [2.75, 3.05) is 66.4 Å². The van der Waals surface area contributed by atoms with E-state index in [-0.39, 0.29) is 123 Å². The number of likely N-dealkylation sites (N-methyl/N-ethyl adjacent to an activating group) is 1. The average molecular weight is 1310 g/mol. The number of carbonyl (C=O) groups is 11. The van der Waals surface area contributed by atoms with E-state index in [1.165, 1.54) is 34.9 Å². The van der Waals surface area contributed by atoms with Gasteiger partial charge < -0.3 is 39.8 Å². The number of hydrogen-bond acceptors (Lipinski definition) is 19. The number of benzene rings is 1. The molecule has 91 heavy (non-hydrogen) atoms. The number of imide groups is 1. The van der Waals surface area contributed by atoms with Crippen LogP contribution in [0.5, 0.6) is 0 Å². The van der Waals surface area contributed by atoms with Crippen LogP contribution in [0.2, 0.25) is 0 Å². The summed E-state index contributed by atoms with van der Waals surface area (Å²) in [5, 5.41) is 10.3. The number of hydrogen-bond donors (Lipinski definition) is 3. The van der Waals surface area contributed by atoms with Crippen molar-refractivity contribution in [3.05, 3.63) is 51.5 Å². The number of Topliss-reactive ketones (excluding diaryl/α,β-unsaturated/α-hetero) is 3. The normalized spacial score (nSPS) is 16.1. The van der Waals surface area contributed by atoms with Crippen LogP contribution in [0, 0.1) is 30.6 Å². The lowest BCUT2D eigenvalue weighted by Crippen LogP contribution is -2.52. The molecule has 1 saturated heterocycles. The number of nitrogens with one attached hydrogen (secondary N) is 3. The van der Waals surface area contributed by atoms with Crippen LogP contribution in [-0.2, 0) is 73.3 Å². The van der Waals surface area contributed by atoms with E-state index >= 15 is 4.79 Å². The number of thiazole rings is 1. The van der Waals surface area contributed by atoms with Crippen LogP contribution < -0.4 is 16.0 Å². The van der Waals surface area contributed by atoms with Crippen LogP contribution in [0.3, 0.4) is 0 Å². The summed E-state index contributed by atoms with van der Waals surface area (Å²) >= 11 is 2.49. The molecule has 1 fully saturated rings. The molecular weight excluding hydrogens is 1210 g/mol. The Bertz CT molecular complexity index is 2690. The van der Waals surface area contributed by atoms with Crippen molar-refractivity contribution in [1.82, 2.24) is 35.6 Å². The van der Waals surface area contributed by atoms with Gasteiger partial charge in [-0.25, -0.2) is 4.98 Å². The topological polar surface area (TPSA) is 283 Å². The molecule has 5 unspecified atom stereocenters. The molecule has 2 aromatic rings. The third-order valence-corrected chi connectivity index (χ3v) is 19.1. The Morgan fingerprint density at radius 2 is 1.60 bits per heavy atom. The number of thioether (sulfide) groups is 1. The van der Waals surface area contributed by atoms with Gasteiger partial charge in [0.1, 0.15) is 22.6 Å². The zero-order chi connectivity index (χ0) is 68.0. The smallest absolute Gasteiger partial charge is 0.303 e. The SMILES string of the molecule is CCC(C)[C@H](CC(=O)C(C)(C)N(C)CCCC(=O)C(C)NC(=O)C(CCCCNC(=O)CCOCCOC)CC(=O)CCCN1C(=O)CC(SC)C1=O)C(=O)N(CC)[C@H](C[C@@H](OC(C)=O)c1nc(C(=O)N[C@@H](Cc2ccc(C)cc2)CC(C)OC=O)cs1)C(C)C. The maximum absolute atomic E-state index is 15.0. The molecule has 2 heterocycles. The van der Waals surface area contributed by atoms with E-state index in [1.807, 2.05) is 70.7 Å². The average Bonchev–Trinajstić information content (AvgIpc) is 1.83. The maximum Gasteiger partial charge on any atom is 0.303 e. The van der Waals surface area contributed by atoms with Crippen molar-refractivity contribution in [2.45, 2.75) is 214 Å². The Kier molecular flexibility index (Phi) is 35.6. The summed E-state index contributed by atoms with van der Waals surface area (Å²) in [4.78, 5) is 155. The van der Waals surface area contributed by atoms with Gasteiger partial charge in [0.15, 0.2) is 17.7 Å². The minimum Gasteiger partial charge on any atom is -0.465 e. The Morgan fingerprint density at radius 3 is 2.22 bits per heavy atom. The van der Waals surface area contributed by atoms with E-state index < -0.39 is 70.7 Å². The highest BCUT2D eigenvalue weighted by Crippen LogP contribution is 2.34. The summed E-state index contributed by atoms with van der Waals surface area (Å²) in [7, 11) is 3.36. The van der Waals surface area contributed by atoms with Crippen molar-refractivity contribution in [3.63, 3.8) is 0 Å². The first-order chi connectivity index (χ1) is 43.1. The Labute approximate surface area is 548 Å². The molecule has 0 spiro atoms. The zero-order valence-electron chi connectivity index (χ0n) is 56.5. The van der Waals surface area contributed by atoms with Gasteiger partial charge in [-0.05, 0) is 111 Å². The van der Waals surface area contributed by atoms with Crippen LogP contribution in [-0.4, -0.2) is 186 Å². The number of ether oxygens (including phenoxy) is 4. The van der Waals surface area contributed by atoms with E-state index in [2.05, 4.69) is 20.9 Å². The number of methoxy groups -OCH3 is 1. The molecule has 0 saturated carbocycles. The number of likely N-dealkylation sites (tertiary alicyclic amines) is 1. The van der Waals surface area contributed by atoms with Gasteiger partial charge >= 0.3 is 5.97 Å². The van der Waals surface area contributed by atoms with Gasteiger partial charge in [-0.3, -0.25) is 62.5 Å². The standard InChI is InChI=1S/C67H105N7O15S2/c1-15-45(6)53(65(84)73(16-2)55(43(3)4)39-57(89-48(9)76)64-71-54(41-91-64)63(83)70-51(35-46(7)88-42-75)36-49-26-24-44(5)25-27-49)38-59(79)67(10,11)72(12)30-20-23-56(78)47(8)69-62(82)50(21-17-18-29-68-60(80)28-32-87-34-33-86-13)37-52(77)22-19-31-74-61(81)40-58(90-14)66(74)85/h24-27,41-43,45-47,50-51,53,55,57-58H,15-23,28-40H2,1-14H3,(H,68,80)(H,69,82)(H,70,83)/t45?,46?,47?,50?,51-,53+,55-,57-,58?/m1/s1. The van der Waals surface area contributed by atoms with Crippen molar-refractivity contribution in [1.29, 1.82) is 0 Å². The second-order valence-corrected chi connectivity index (χ2v) is 26.9. The van der Waals surface area contributed by atoms with Crippen molar-refractivity contribution in [2.24, 2.45) is 23.7 Å². The molecule has 0 aliphatic carbocycles. The molecule has 24 heteroatoms. The first kappa shape index (κ1) is 79.3. The molecule has 3 rings (SSSR count). The third-order valence-electron chi connectivity index (χ3n) is 17.3. The fourth-order valence-electron chi connectivity index (χ4n) is 11.0. The summed E-state index contributed by atoms with van der Waals surface area (Å²) in [5.41, 5.74) is 1.15. The molecule has 3 N–H and O–H groups in total. The van der Waals surface area contributed by atoms with Crippen LogP contribution >= 0.6 is 23.1 Å². The second kappa shape index (κ2) is 40.9. The minimum atomic E-state index is -1.06. The van der Waals surface area contributed by atoms with E-state index in [0.717, 1.165) is 11.1 Å². The number of rotatable bonds is 47. The van der Waals surface area contributed by atoms with Crippen molar-refractivity contribution in [3.8, 4) is 0 Å². The van der Waals surface area contributed by atoms with Crippen LogP contribution in [0.15, 0.2) is 29.6 Å². The molecule has 0 radical (unpaired) electrons. The largest absolute Gasteiger partial charge is 0.465 e. The van der Waals surface area contributed by atoms with Gasteiger partial charge in [-0.1, -0.05) is 70.4 Å². The second-order valence-electron chi connectivity index (χ2n) is 24.9. The van der Waals surface area contributed by atoms with Gasteiger partial charge in [0.25, 0.3) is 12.4 Å². The molecule has 1 aromatic heterocycles. The fourth-order valence-corrected chi connectivity index (χ4v) is 12.5. The number of aryl methyl sites for hydroxylation is 1. The summed E-state index contributed by atoms with van der Waals surface area (Å²) < 4.78 is 21.4. The number of unbranched alkanes of at least 4 members (excludes halogenated alkanes) is 1. The molecule has 6 amide bonds. The van der Waals surface area contributed by atoms with Gasteiger partial charge in [0.2, 0.25) is 29.5 Å². The van der Waals surface area contributed by atoms with Crippen molar-refractivity contribution < 1.29 is 71.7 Å². The van der Waals surface area contributed by atoms with E-state index in [9.17, 15) is 47.9 Å². The molecule has 1 aliphatic rings. The highest BCUT2D eigenvalue weighted by atomic mass is 32.2. The lowest BCUT2D eigenvalue weighted by atomic mass is 9.81. The Balaban J connectivity index is 1.68. The molecule has 9 atom stereocenters. The minimum absolute atomic E-state index is 0.0552. The maximum atomic E-state index is 15.0. The molecule has 0 bridgehead atoms. The number of amides is 6. The molecule has 1 aliphatic heterocycles. The van der Waals surface area contributed by atoms with E-state index in [1.54, 1.807) is 58.4 Å². The predicted octanol–water partition coefficient (Wildman–Crippen LogP) is 7.98. The number of nitrogens with zero attached hydrogens (tertiary/aromatic N) is 4. The van der Waals surface area contributed by atoms with Crippen LogP contribution in [0.4, 0.5) is 0 Å². The first-order valence-corrected chi connectivity index (χ1v) is 34.5. The lowest BCUT2D eigenvalue weighted by Gasteiger charge is -2.40. The first-order valence-electron chi connectivity index (χ1n) is 32.3. The number of carbonyl (C=O) groups excluding carboxylic acids is 11. The highest BCUT2D eigenvalue weighted by Gasteiger charge is 2.41. The Morgan fingerprint density at radius 1 is 0.901 bits per heavy atom. The summed E-state index contributed by atoms with van der Waals surface area (Å²) in [5.74, 6) is -4.80. The third kappa shape index (κ3) is 26.9. The summed E-state index contributed by atoms with van der Waals surface area (Å²) in [6.45, 7) is 22.6. The lowest BCUT2D eigenvalue weighted by molar-refractivity contribution is -0.150.